The first-order valence-electron chi connectivity index (χ1n) is 6.74. The molecule has 2 rings (SSSR count). The molecule has 0 bridgehead atoms. The lowest BCUT2D eigenvalue weighted by Gasteiger charge is -2.25. The molecule has 0 saturated carbocycles. The molecule has 0 spiro atoms. The van der Waals surface area contributed by atoms with Crippen LogP contribution >= 0.6 is 11.3 Å². The predicted octanol–water partition coefficient (Wildman–Crippen LogP) is 1.34. The monoisotopic (exact) mass is 298 g/mol. The molecule has 7 heteroatoms. The van der Waals surface area contributed by atoms with Crippen LogP contribution in [0.5, 0.6) is 0 Å². The van der Waals surface area contributed by atoms with Crippen LogP contribution in [0.3, 0.4) is 0 Å². The third kappa shape index (κ3) is 3.83. The Morgan fingerprint density at radius 3 is 2.70 bits per heavy atom. The Bertz CT molecular complexity index is 475. The number of nitrogen functional groups attached to an aromatic ring is 1. The van der Waals surface area contributed by atoms with Crippen molar-refractivity contribution in [1.29, 1.82) is 0 Å². The van der Waals surface area contributed by atoms with E-state index in [-0.39, 0.29) is 11.3 Å². The normalized spacial score (nSPS) is 16.2. The Labute approximate surface area is 123 Å². The van der Waals surface area contributed by atoms with Gasteiger partial charge in [0.05, 0.1) is 13.2 Å². The van der Waals surface area contributed by atoms with Crippen LogP contribution in [-0.2, 0) is 4.74 Å². The van der Waals surface area contributed by atoms with Crippen LogP contribution in [0.1, 0.15) is 30.4 Å². The van der Waals surface area contributed by atoms with Gasteiger partial charge in [-0.3, -0.25) is 4.79 Å². The Morgan fingerprint density at radius 1 is 1.45 bits per heavy atom. The molecule has 6 nitrogen and oxygen atoms in total. The number of hydrogen-bond donors (Lipinski definition) is 2. The summed E-state index contributed by atoms with van der Waals surface area (Å²) in [5, 5.41) is 3.70. The number of thiazole rings is 1. The quantitative estimate of drug-likeness (QED) is 0.880. The second-order valence-electron chi connectivity index (χ2n) is 6.05. The molecule has 0 atom stereocenters. The molecule has 1 aromatic heterocycles. The van der Waals surface area contributed by atoms with Crippen molar-refractivity contribution in [1.82, 2.24) is 10.3 Å². The molecular weight excluding hydrogens is 276 g/mol. The molecule has 1 aliphatic heterocycles. The lowest BCUT2D eigenvalue weighted by atomic mass is 9.97. The number of morpholine rings is 1. The highest BCUT2D eigenvalue weighted by molar-refractivity contribution is 7.18. The van der Waals surface area contributed by atoms with Crippen LogP contribution in [0.15, 0.2) is 0 Å². The lowest BCUT2D eigenvalue weighted by molar-refractivity contribution is 0.0944. The smallest absolute Gasteiger partial charge is 0.265 e. The van der Waals surface area contributed by atoms with Crippen molar-refractivity contribution >= 4 is 28.2 Å². The Morgan fingerprint density at radius 2 is 2.10 bits per heavy atom. The van der Waals surface area contributed by atoms with E-state index in [1.54, 1.807) is 0 Å². The SMILES string of the molecule is CC(C)(C)CNC(=O)c1sc(N2CCOCC2)nc1N. The van der Waals surface area contributed by atoms with Crippen LogP contribution < -0.4 is 16.0 Å². The van der Waals surface area contributed by atoms with Crippen LogP contribution in [-0.4, -0.2) is 43.7 Å². The number of hydrogen-bond acceptors (Lipinski definition) is 6. The fourth-order valence-electron chi connectivity index (χ4n) is 1.80. The molecule has 20 heavy (non-hydrogen) atoms. The van der Waals surface area contributed by atoms with Gasteiger partial charge in [0.1, 0.15) is 10.7 Å². The molecule has 0 radical (unpaired) electrons. The first-order valence-corrected chi connectivity index (χ1v) is 7.56. The minimum absolute atomic E-state index is 0.0438. The van der Waals surface area contributed by atoms with Gasteiger partial charge in [-0.15, -0.1) is 0 Å². The molecule has 2 heterocycles. The largest absolute Gasteiger partial charge is 0.382 e. The number of carbonyl (C=O) groups is 1. The van der Waals surface area contributed by atoms with Gasteiger partial charge in [0.2, 0.25) is 0 Å². The van der Waals surface area contributed by atoms with Gasteiger partial charge in [-0.25, -0.2) is 4.98 Å². The van der Waals surface area contributed by atoms with Gasteiger partial charge in [0.15, 0.2) is 5.13 Å². The molecular formula is C13H22N4O2S. The Hall–Kier alpha value is -1.34. The number of aromatic nitrogens is 1. The van der Waals surface area contributed by atoms with E-state index in [0.717, 1.165) is 18.2 Å². The minimum Gasteiger partial charge on any atom is -0.382 e. The van der Waals surface area contributed by atoms with Crippen LogP contribution in [0.4, 0.5) is 10.9 Å². The van der Waals surface area contributed by atoms with Gasteiger partial charge in [0, 0.05) is 19.6 Å². The van der Waals surface area contributed by atoms with Crippen molar-refractivity contribution in [2.24, 2.45) is 5.41 Å². The van der Waals surface area contributed by atoms with E-state index in [0.29, 0.717) is 30.5 Å². The van der Waals surface area contributed by atoms with Crippen molar-refractivity contribution in [2.75, 3.05) is 43.5 Å². The fraction of sp³-hybridized carbons (Fsp3) is 0.692. The van der Waals surface area contributed by atoms with Gasteiger partial charge in [0.25, 0.3) is 5.91 Å². The standard InChI is InChI=1S/C13H22N4O2S/c1-13(2,3)8-15-11(18)9-10(14)16-12(20-9)17-4-6-19-7-5-17/h4-8,14H2,1-3H3,(H,15,18). The average molecular weight is 298 g/mol. The maximum Gasteiger partial charge on any atom is 0.265 e. The fourth-order valence-corrected chi connectivity index (χ4v) is 2.75. The van der Waals surface area contributed by atoms with E-state index in [9.17, 15) is 4.79 Å². The molecule has 1 aliphatic rings. The van der Waals surface area contributed by atoms with E-state index < -0.39 is 0 Å². The minimum atomic E-state index is -0.144. The highest BCUT2D eigenvalue weighted by Crippen LogP contribution is 2.28. The molecule has 1 aromatic rings. The summed E-state index contributed by atoms with van der Waals surface area (Å²) in [5.41, 5.74) is 5.91. The summed E-state index contributed by atoms with van der Waals surface area (Å²) >= 11 is 1.35. The number of ether oxygens (including phenoxy) is 1. The molecule has 1 fully saturated rings. The first-order chi connectivity index (χ1) is 9.37. The molecule has 0 unspecified atom stereocenters. The zero-order chi connectivity index (χ0) is 14.8. The number of nitrogens with two attached hydrogens (primary N) is 1. The summed E-state index contributed by atoms with van der Waals surface area (Å²) < 4.78 is 5.31. The zero-order valence-corrected chi connectivity index (χ0v) is 13.0. The van der Waals surface area contributed by atoms with E-state index in [2.05, 4.69) is 36.0 Å². The number of rotatable bonds is 3. The van der Waals surface area contributed by atoms with Gasteiger partial charge >= 0.3 is 0 Å². The van der Waals surface area contributed by atoms with Crippen molar-refractivity contribution < 1.29 is 9.53 Å². The van der Waals surface area contributed by atoms with Crippen molar-refractivity contribution in [3.8, 4) is 0 Å². The van der Waals surface area contributed by atoms with Gasteiger partial charge < -0.3 is 20.7 Å². The van der Waals surface area contributed by atoms with Crippen LogP contribution in [0.2, 0.25) is 0 Å². The van der Waals surface area contributed by atoms with Gasteiger partial charge in [-0.1, -0.05) is 32.1 Å². The second-order valence-corrected chi connectivity index (χ2v) is 7.03. The maximum absolute atomic E-state index is 12.1. The number of nitrogens with one attached hydrogen (secondary N) is 1. The highest BCUT2D eigenvalue weighted by atomic mass is 32.1. The van der Waals surface area contributed by atoms with E-state index in [1.807, 2.05) is 0 Å². The van der Waals surface area contributed by atoms with Gasteiger partial charge in [-0.2, -0.15) is 0 Å². The van der Waals surface area contributed by atoms with E-state index >= 15 is 0 Å². The number of carbonyl (C=O) groups excluding carboxylic acids is 1. The summed E-state index contributed by atoms with van der Waals surface area (Å²) in [5.74, 6) is 0.164. The summed E-state index contributed by atoms with van der Waals surface area (Å²) in [6.07, 6.45) is 0. The van der Waals surface area contributed by atoms with E-state index in [4.69, 9.17) is 10.5 Å². The number of nitrogens with zero attached hydrogens (tertiary/aromatic N) is 2. The lowest BCUT2D eigenvalue weighted by Crippen LogP contribution is -2.36. The Balaban J connectivity index is 2.04. The summed E-state index contributed by atoms with van der Waals surface area (Å²) in [6, 6.07) is 0. The third-order valence-corrected chi connectivity index (χ3v) is 4.04. The summed E-state index contributed by atoms with van der Waals surface area (Å²) in [7, 11) is 0. The molecule has 1 amide bonds. The average Bonchev–Trinajstić information content (AvgIpc) is 2.78. The Kier molecular flexibility index (Phi) is 4.49. The molecule has 0 aliphatic carbocycles. The first kappa shape index (κ1) is 15.1. The number of anilines is 2. The zero-order valence-electron chi connectivity index (χ0n) is 12.2. The molecule has 3 N–H and O–H groups in total. The van der Waals surface area contributed by atoms with Crippen LogP contribution in [0.25, 0.3) is 0 Å². The maximum atomic E-state index is 12.1. The van der Waals surface area contributed by atoms with E-state index in [1.165, 1.54) is 11.3 Å². The van der Waals surface area contributed by atoms with Crippen molar-refractivity contribution in [2.45, 2.75) is 20.8 Å². The second kappa shape index (κ2) is 5.97. The number of amides is 1. The van der Waals surface area contributed by atoms with Crippen molar-refractivity contribution in [3.05, 3.63) is 4.88 Å². The molecule has 0 aromatic carbocycles. The molecule has 1 saturated heterocycles. The predicted molar refractivity (Wildman–Crippen MR) is 81.3 cm³/mol. The highest BCUT2D eigenvalue weighted by Gasteiger charge is 2.22. The molecule has 112 valence electrons. The topological polar surface area (TPSA) is 80.5 Å². The third-order valence-electron chi connectivity index (χ3n) is 2.91. The summed E-state index contributed by atoms with van der Waals surface area (Å²) in [6.45, 7) is 9.77. The summed E-state index contributed by atoms with van der Waals surface area (Å²) in [4.78, 5) is 19.0. The van der Waals surface area contributed by atoms with Crippen LogP contribution in [0, 0.1) is 5.41 Å². The van der Waals surface area contributed by atoms with Gasteiger partial charge in [-0.05, 0) is 5.41 Å². The van der Waals surface area contributed by atoms with Crippen molar-refractivity contribution in [3.63, 3.8) is 0 Å².